The van der Waals surface area contributed by atoms with Crippen molar-refractivity contribution in [2.24, 2.45) is 0 Å². The third-order valence-electron chi connectivity index (χ3n) is 8.39. The van der Waals surface area contributed by atoms with E-state index in [1.165, 1.54) is 54.9 Å². The van der Waals surface area contributed by atoms with E-state index in [0.717, 1.165) is 24.3 Å². The molecular weight excluding hydrogens is 577 g/mol. The summed E-state index contributed by atoms with van der Waals surface area (Å²) in [6.45, 7) is 4.52. The van der Waals surface area contributed by atoms with E-state index in [0.29, 0.717) is 10.5 Å². The molecule has 0 N–H and O–H groups in total. The number of methoxy groups -OCH3 is 2. The second-order valence-corrected chi connectivity index (χ2v) is 13.6. The van der Waals surface area contributed by atoms with Crippen molar-refractivity contribution in [3.8, 4) is 33.8 Å². The zero-order valence-corrected chi connectivity index (χ0v) is 27.4. The molecule has 44 heavy (non-hydrogen) atoms. The summed E-state index contributed by atoms with van der Waals surface area (Å²) in [4.78, 5) is 0. The normalized spacial score (nSPS) is 12.7. The van der Waals surface area contributed by atoms with Crippen LogP contribution in [0.1, 0.15) is 48.3 Å². The average molecular weight is 615 g/mol. The van der Waals surface area contributed by atoms with Crippen LogP contribution in [0.25, 0.3) is 43.8 Å². The van der Waals surface area contributed by atoms with Gasteiger partial charge >= 0.3 is 0 Å². The van der Waals surface area contributed by atoms with Gasteiger partial charge in [-0.25, -0.2) is 0 Å². The van der Waals surface area contributed by atoms with Gasteiger partial charge in [0.1, 0.15) is 11.5 Å². The molecule has 0 aliphatic rings. The predicted molar refractivity (Wildman–Crippen MR) is 193 cm³/mol. The van der Waals surface area contributed by atoms with E-state index in [9.17, 15) is 0 Å². The van der Waals surface area contributed by atoms with Crippen LogP contribution in [0.4, 0.5) is 0 Å². The first-order valence-corrected chi connectivity index (χ1v) is 17.6. The number of rotatable bonds is 11. The first kappa shape index (κ1) is 30.2. The number of ether oxygens (including phenoxy) is 2. The van der Waals surface area contributed by atoms with Crippen LogP contribution in [0.5, 0.6) is 11.5 Å². The van der Waals surface area contributed by atoms with Crippen molar-refractivity contribution < 1.29 is 9.47 Å². The summed E-state index contributed by atoms with van der Waals surface area (Å²) in [5, 5.41) is 5.61. The molecule has 0 fully saturated rings. The summed E-state index contributed by atoms with van der Waals surface area (Å²) in [6.07, 6.45) is 2.02. The van der Waals surface area contributed by atoms with Gasteiger partial charge in [-0.3, -0.25) is 0 Å². The van der Waals surface area contributed by atoms with Gasteiger partial charge in [0.05, 0.1) is 14.2 Å². The van der Waals surface area contributed by atoms with Gasteiger partial charge in [0.15, 0.2) is 0 Å². The van der Waals surface area contributed by atoms with Gasteiger partial charge in [0, 0.05) is 21.6 Å². The van der Waals surface area contributed by atoms with Crippen molar-refractivity contribution in [1.29, 1.82) is 0 Å². The lowest BCUT2D eigenvalue weighted by Gasteiger charge is -2.23. The summed E-state index contributed by atoms with van der Waals surface area (Å²) in [5.74, 6) is 1.89. The summed E-state index contributed by atoms with van der Waals surface area (Å²) >= 11 is 0. The Morgan fingerprint density at radius 2 is 0.909 bits per heavy atom. The van der Waals surface area contributed by atoms with E-state index < -0.39 is 0 Å². The topological polar surface area (TPSA) is 18.5 Å². The molecule has 6 rings (SSSR count). The van der Waals surface area contributed by atoms with Gasteiger partial charge in [0.25, 0.3) is 0 Å². The highest BCUT2D eigenvalue weighted by molar-refractivity contribution is 8.76. The number of hydrogen-bond donors (Lipinski definition) is 0. The van der Waals surface area contributed by atoms with Crippen LogP contribution < -0.4 is 9.47 Å². The minimum atomic E-state index is 0.298. The standard InChI is InChI=1S/C40H38O2S2/c1-5-39(35-23-21-29(25-37(35)41-3)33-19-11-15-27-13-7-9-17-31(27)33)43-44-40(6-2)36-24-22-30(26-38(36)42-4)34-20-12-16-28-14-8-10-18-32(28)34/h7-26,39-40H,5-6H2,1-4H3/t39-,40-/m1/s1. The van der Waals surface area contributed by atoms with Crippen molar-refractivity contribution in [1.82, 2.24) is 0 Å². The lowest BCUT2D eigenvalue weighted by molar-refractivity contribution is 0.409. The third-order valence-corrected chi connectivity index (χ3v) is 11.9. The lowest BCUT2D eigenvalue weighted by atomic mass is 9.96. The molecule has 0 aromatic heterocycles. The molecule has 0 aliphatic heterocycles. The molecule has 222 valence electrons. The Morgan fingerprint density at radius 1 is 0.500 bits per heavy atom. The highest BCUT2D eigenvalue weighted by Gasteiger charge is 2.22. The van der Waals surface area contributed by atoms with Gasteiger partial charge in [-0.2, -0.15) is 0 Å². The van der Waals surface area contributed by atoms with E-state index >= 15 is 0 Å². The predicted octanol–water partition coefficient (Wildman–Crippen LogP) is 12.3. The highest BCUT2D eigenvalue weighted by atomic mass is 33.1. The van der Waals surface area contributed by atoms with Crippen LogP contribution in [0, 0.1) is 0 Å². The van der Waals surface area contributed by atoms with Gasteiger partial charge < -0.3 is 9.47 Å². The van der Waals surface area contributed by atoms with E-state index in [4.69, 9.17) is 9.47 Å². The molecule has 2 atom stereocenters. The molecule has 2 nitrogen and oxygen atoms in total. The second kappa shape index (κ2) is 13.8. The molecule has 0 amide bonds. The van der Waals surface area contributed by atoms with Crippen molar-refractivity contribution >= 4 is 43.1 Å². The zero-order chi connectivity index (χ0) is 30.5. The van der Waals surface area contributed by atoms with Crippen molar-refractivity contribution in [3.05, 3.63) is 132 Å². The number of hydrogen-bond acceptors (Lipinski definition) is 4. The maximum atomic E-state index is 6.00. The molecule has 0 unspecified atom stereocenters. The quantitative estimate of drug-likeness (QED) is 0.135. The van der Waals surface area contributed by atoms with Crippen LogP contribution in [-0.4, -0.2) is 14.2 Å². The molecular formula is C40H38O2S2. The van der Waals surface area contributed by atoms with Crippen molar-refractivity contribution in [3.63, 3.8) is 0 Å². The Morgan fingerprint density at radius 3 is 1.32 bits per heavy atom. The molecule has 0 aliphatic carbocycles. The zero-order valence-electron chi connectivity index (χ0n) is 25.7. The largest absolute Gasteiger partial charge is 0.496 e. The van der Waals surface area contributed by atoms with Gasteiger partial charge in [-0.05, 0) is 68.8 Å². The monoisotopic (exact) mass is 614 g/mol. The fourth-order valence-electron chi connectivity index (χ4n) is 6.06. The lowest BCUT2D eigenvalue weighted by Crippen LogP contribution is -2.00. The first-order valence-electron chi connectivity index (χ1n) is 15.3. The van der Waals surface area contributed by atoms with Crippen LogP contribution >= 0.6 is 21.6 Å². The van der Waals surface area contributed by atoms with Gasteiger partial charge in [-0.1, -0.05) is 145 Å². The molecule has 0 spiro atoms. The number of fused-ring (bicyclic) bond motifs is 2. The van der Waals surface area contributed by atoms with Crippen LogP contribution in [0.15, 0.2) is 121 Å². The Balaban J connectivity index is 1.25. The minimum absolute atomic E-state index is 0.298. The molecule has 0 heterocycles. The Bertz CT molecular complexity index is 1750. The van der Waals surface area contributed by atoms with Gasteiger partial charge in [0.2, 0.25) is 0 Å². The van der Waals surface area contributed by atoms with E-state index in [1.54, 1.807) is 14.2 Å². The number of benzene rings is 6. The van der Waals surface area contributed by atoms with E-state index in [1.807, 2.05) is 21.6 Å². The molecule has 6 aromatic rings. The summed E-state index contributed by atoms with van der Waals surface area (Å²) in [6, 6.07) is 43.6. The van der Waals surface area contributed by atoms with Crippen molar-refractivity contribution in [2.45, 2.75) is 37.2 Å². The summed E-state index contributed by atoms with van der Waals surface area (Å²) in [5.41, 5.74) is 7.30. The van der Waals surface area contributed by atoms with Crippen LogP contribution in [0.3, 0.4) is 0 Å². The molecule has 4 heteroatoms. The van der Waals surface area contributed by atoms with Crippen LogP contribution in [-0.2, 0) is 0 Å². The first-order chi connectivity index (χ1) is 21.6. The molecule has 0 bridgehead atoms. The Kier molecular flexibility index (Phi) is 9.49. The van der Waals surface area contributed by atoms with E-state index in [-0.39, 0.29) is 0 Å². The minimum Gasteiger partial charge on any atom is -0.496 e. The average Bonchev–Trinajstić information content (AvgIpc) is 3.09. The smallest absolute Gasteiger partial charge is 0.123 e. The molecule has 6 aromatic carbocycles. The van der Waals surface area contributed by atoms with Gasteiger partial charge in [-0.15, -0.1) is 0 Å². The van der Waals surface area contributed by atoms with Crippen molar-refractivity contribution in [2.75, 3.05) is 14.2 Å². The molecule has 0 saturated heterocycles. The Labute approximate surface area is 269 Å². The van der Waals surface area contributed by atoms with E-state index in [2.05, 4.69) is 135 Å². The van der Waals surface area contributed by atoms with Crippen LogP contribution in [0.2, 0.25) is 0 Å². The summed E-state index contributed by atoms with van der Waals surface area (Å²) in [7, 11) is 7.45. The maximum Gasteiger partial charge on any atom is 0.123 e. The fourth-order valence-corrected chi connectivity index (χ4v) is 9.44. The highest BCUT2D eigenvalue weighted by Crippen LogP contribution is 2.52. The summed E-state index contributed by atoms with van der Waals surface area (Å²) < 4.78 is 12.0. The third kappa shape index (κ3) is 6.06. The fraction of sp³-hybridized carbons (Fsp3) is 0.200. The maximum absolute atomic E-state index is 6.00. The second-order valence-electron chi connectivity index (χ2n) is 11.0. The SMILES string of the molecule is CC[C@@H](SS[C@H](CC)c1ccc(-c2cccc3ccccc23)cc1OC)c1ccc(-c2cccc3ccccc23)cc1OC. The Hall–Kier alpha value is -3.86. The molecule has 0 radical (unpaired) electrons. The molecule has 0 saturated carbocycles.